The number of hydrogen-bond acceptors (Lipinski definition) is 2. The summed E-state index contributed by atoms with van der Waals surface area (Å²) in [6.45, 7) is 4.49. The molecule has 2 heterocycles. The molecule has 1 atom stereocenters. The summed E-state index contributed by atoms with van der Waals surface area (Å²) in [6.07, 6.45) is 13.7. The molecular weight excluding hydrogens is 661 g/mol. The first-order valence-corrected chi connectivity index (χ1v) is 20.4. The van der Waals surface area contributed by atoms with Crippen molar-refractivity contribution in [1.29, 1.82) is 0 Å². The monoisotopic (exact) mass is 714 g/mol. The predicted octanol–water partition coefficient (Wildman–Crippen LogP) is 7.55. The molecule has 1 aromatic heterocycles. The van der Waals surface area contributed by atoms with Crippen molar-refractivity contribution in [2.24, 2.45) is 0 Å². The average Bonchev–Trinajstić information content (AvgIpc) is 3.58. The molecule has 0 fully saturated rings. The molecule has 1 unspecified atom stereocenters. The number of benzene rings is 4. The maximum absolute atomic E-state index is 2.61. The normalized spacial score (nSPS) is 17.5. The Labute approximate surface area is 313 Å². The highest BCUT2D eigenvalue weighted by molar-refractivity contribution is 8.03. The summed E-state index contributed by atoms with van der Waals surface area (Å²) in [6, 6.07) is 28.1. The number of quaternary nitrogens is 3. The number of fused-ring (bicyclic) bond motifs is 6. The van der Waals surface area contributed by atoms with Gasteiger partial charge in [0.25, 0.3) is 5.01 Å². The van der Waals surface area contributed by atoms with E-state index in [1.807, 2.05) is 23.1 Å². The van der Waals surface area contributed by atoms with Crippen LogP contribution in [0.25, 0.3) is 16.3 Å². The minimum Gasteiger partial charge on any atom is -0.331 e. The SMILES string of the molecule is C[N+](C)(C)CCC[n+]1c(C=CC=C2Sc3cc4c(cc3[NH+]2CCC[N+](C)(C)C)Cc2ccccc2C4)sc2cc3c(cc21)Cc1ccccc1C3. The Bertz CT molecular complexity index is 2180. The molecule has 0 amide bonds. The number of nitrogens with one attached hydrogen (secondary N) is 1. The number of allylic oxidation sites excluding steroid dienone is 2. The second kappa shape index (κ2) is 13.8. The molecule has 1 N–H and O–H groups in total. The molecule has 3 aliphatic rings. The number of rotatable bonds is 10. The number of thioether (sulfide) groups is 1. The Hall–Kier alpha value is -3.52. The van der Waals surface area contributed by atoms with Gasteiger partial charge in [-0.05, 0) is 100 Å². The van der Waals surface area contributed by atoms with Gasteiger partial charge in [-0.25, -0.2) is 0 Å². The van der Waals surface area contributed by atoms with Crippen LogP contribution in [0.2, 0.25) is 0 Å². The molecule has 4 nitrogen and oxygen atoms in total. The van der Waals surface area contributed by atoms with E-state index >= 15 is 0 Å². The van der Waals surface area contributed by atoms with E-state index in [2.05, 4.69) is 138 Å². The maximum atomic E-state index is 2.61. The number of thiazole rings is 1. The summed E-state index contributed by atoms with van der Waals surface area (Å²) in [5.74, 6) is 0. The zero-order chi connectivity index (χ0) is 35.3. The number of aryl methyl sites for hydroxylation is 1. The molecule has 0 saturated carbocycles. The summed E-state index contributed by atoms with van der Waals surface area (Å²) >= 11 is 3.95. The van der Waals surface area contributed by atoms with E-state index in [1.165, 1.54) is 93.2 Å². The van der Waals surface area contributed by atoms with Gasteiger partial charge >= 0.3 is 0 Å². The van der Waals surface area contributed by atoms with Crippen LogP contribution in [0.4, 0.5) is 5.69 Å². The van der Waals surface area contributed by atoms with Crippen molar-refractivity contribution in [2.75, 3.05) is 61.9 Å². The summed E-state index contributed by atoms with van der Waals surface area (Å²) < 4.78 is 6.02. The quantitative estimate of drug-likeness (QED) is 0.114. The first-order chi connectivity index (χ1) is 24.5. The largest absolute Gasteiger partial charge is 0.331 e. The molecule has 4 aromatic carbocycles. The van der Waals surface area contributed by atoms with Crippen LogP contribution in [0.1, 0.15) is 62.4 Å². The number of hydrogen-bond donors (Lipinski definition) is 1. The highest BCUT2D eigenvalue weighted by Gasteiger charge is 2.33. The van der Waals surface area contributed by atoms with E-state index in [0.29, 0.717) is 0 Å². The third-order valence-electron chi connectivity index (χ3n) is 10.9. The van der Waals surface area contributed by atoms with E-state index in [1.54, 1.807) is 0 Å². The van der Waals surface area contributed by atoms with E-state index in [-0.39, 0.29) is 0 Å². The Balaban J connectivity index is 1.11. The summed E-state index contributed by atoms with van der Waals surface area (Å²) in [5.41, 5.74) is 14.8. The van der Waals surface area contributed by atoms with Gasteiger partial charge < -0.3 is 8.97 Å². The molecule has 262 valence electrons. The Morgan fingerprint density at radius 1 is 0.667 bits per heavy atom. The van der Waals surface area contributed by atoms with Gasteiger partial charge in [-0.2, -0.15) is 4.57 Å². The van der Waals surface area contributed by atoms with Crippen molar-refractivity contribution in [1.82, 2.24) is 0 Å². The van der Waals surface area contributed by atoms with Gasteiger partial charge in [-0.15, -0.1) is 0 Å². The van der Waals surface area contributed by atoms with Crippen LogP contribution in [0.5, 0.6) is 0 Å². The van der Waals surface area contributed by atoms with Gasteiger partial charge in [0.15, 0.2) is 17.3 Å². The molecule has 6 heteroatoms. The van der Waals surface area contributed by atoms with Crippen LogP contribution in [-0.4, -0.2) is 70.9 Å². The van der Waals surface area contributed by atoms with Gasteiger partial charge in [-0.3, -0.25) is 4.90 Å². The Kier molecular flexibility index (Phi) is 9.35. The Morgan fingerprint density at radius 2 is 1.22 bits per heavy atom. The first-order valence-electron chi connectivity index (χ1n) is 18.8. The first kappa shape index (κ1) is 34.6. The number of aromatic nitrogens is 1. The topological polar surface area (TPSA) is 8.32 Å². The van der Waals surface area contributed by atoms with Crippen LogP contribution >= 0.6 is 23.1 Å². The van der Waals surface area contributed by atoms with Gasteiger partial charge in [0.2, 0.25) is 5.52 Å². The molecule has 0 radical (unpaired) electrons. The maximum Gasteiger partial charge on any atom is 0.262 e. The number of nitrogens with zero attached hydrogens (tertiary/aromatic N) is 3. The third kappa shape index (κ3) is 7.53. The van der Waals surface area contributed by atoms with Crippen molar-refractivity contribution >= 4 is 45.1 Å². The minimum atomic E-state index is 0.992. The van der Waals surface area contributed by atoms with Crippen LogP contribution in [0.15, 0.2) is 94.9 Å². The lowest BCUT2D eigenvalue weighted by Crippen LogP contribution is -3.03. The van der Waals surface area contributed by atoms with Crippen LogP contribution in [0, 0.1) is 0 Å². The molecular formula is C45H54N4S2+4. The molecule has 51 heavy (non-hydrogen) atoms. The standard InChI is InChI=1S/C45H53N4S2/c1-48(2,3)22-12-20-46-40-28-36-24-32-14-7-9-16-34(32)26-38(36)30-42(40)50-44(46)18-11-19-45-47(21-13-23-49(4,5)6)41-29-37-25-33-15-8-10-17-35(33)27-39(37)31-43(41)51-45/h7-11,14-19,28-31H,12-13,20-27H2,1-6H3/q+3/p+1. The van der Waals surface area contributed by atoms with Crippen molar-refractivity contribution in [3.05, 3.63) is 139 Å². The van der Waals surface area contributed by atoms with Crippen LogP contribution in [-0.2, 0) is 32.2 Å². The van der Waals surface area contributed by atoms with Gasteiger partial charge in [-0.1, -0.05) is 59.9 Å². The average molecular weight is 715 g/mol. The fraction of sp³-hybridized carbons (Fsp3) is 0.356. The lowest BCUT2D eigenvalue weighted by molar-refractivity contribution is -0.874. The zero-order valence-corrected chi connectivity index (χ0v) is 33.0. The molecule has 0 saturated heterocycles. The van der Waals surface area contributed by atoms with E-state index in [0.717, 1.165) is 60.7 Å². The molecule has 0 spiro atoms. The lowest BCUT2D eigenvalue weighted by Gasteiger charge is -2.25. The summed E-state index contributed by atoms with van der Waals surface area (Å²) in [7, 11) is 13.8. The molecule has 0 bridgehead atoms. The van der Waals surface area contributed by atoms with Crippen LogP contribution in [0.3, 0.4) is 0 Å². The smallest absolute Gasteiger partial charge is 0.262 e. The molecule has 5 aromatic rings. The highest BCUT2D eigenvalue weighted by atomic mass is 32.2. The van der Waals surface area contributed by atoms with Crippen molar-refractivity contribution in [2.45, 2.75) is 50.0 Å². The zero-order valence-electron chi connectivity index (χ0n) is 31.4. The molecule has 8 rings (SSSR count). The second-order valence-corrected chi connectivity index (χ2v) is 19.1. The van der Waals surface area contributed by atoms with E-state index in [9.17, 15) is 0 Å². The fourth-order valence-corrected chi connectivity index (χ4v) is 10.6. The Morgan fingerprint density at radius 3 is 1.82 bits per heavy atom. The fourth-order valence-electron chi connectivity index (χ4n) is 8.21. The summed E-state index contributed by atoms with van der Waals surface area (Å²) in [4.78, 5) is 2.98. The second-order valence-electron chi connectivity index (χ2n) is 17.0. The molecule has 2 aliphatic carbocycles. The van der Waals surface area contributed by atoms with E-state index in [4.69, 9.17) is 0 Å². The predicted molar refractivity (Wildman–Crippen MR) is 216 cm³/mol. The van der Waals surface area contributed by atoms with Crippen molar-refractivity contribution < 1.29 is 18.4 Å². The van der Waals surface area contributed by atoms with Crippen molar-refractivity contribution in [3.8, 4) is 0 Å². The summed E-state index contributed by atoms with van der Waals surface area (Å²) in [5, 5.41) is 2.77. The van der Waals surface area contributed by atoms with Gasteiger partial charge in [0.1, 0.15) is 4.70 Å². The van der Waals surface area contributed by atoms with Crippen molar-refractivity contribution in [3.63, 3.8) is 0 Å². The third-order valence-corrected chi connectivity index (χ3v) is 13.2. The van der Waals surface area contributed by atoms with Gasteiger partial charge in [0, 0.05) is 30.7 Å². The molecule has 1 aliphatic heterocycles. The lowest BCUT2D eigenvalue weighted by atomic mass is 9.86. The van der Waals surface area contributed by atoms with Gasteiger partial charge in [0.05, 0.1) is 73.2 Å². The van der Waals surface area contributed by atoms with Crippen LogP contribution < -0.4 is 9.47 Å². The van der Waals surface area contributed by atoms with E-state index < -0.39 is 0 Å². The minimum absolute atomic E-state index is 0.992. The highest BCUT2D eigenvalue weighted by Crippen LogP contribution is 2.40.